The maximum Gasteiger partial charge on any atom is 1.00 e. The third-order valence-electron chi connectivity index (χ3n) is 2.83. The Morgan fingerprint density at radius 2 is 1.79 bits per heavy atom. The molecule has 2 aromatic heterocycles. The van der Waals surface area contributed by atoms with Gasteiger partial charge in [0.25, 0.3) is 0 Å². The summed E-state index contributed by atoms with van der Waals surface area (Å²) >= 11 is 0. The fourth-order valence-electron chi connectivity index (χ4n) is 1.81. The van der Waals surface area contributed by atoms with Crippen molar-refractivity contribution in [3.8, 4) is 0 Å². The van der Waals surface area contributed by atoms with Crippen LogP contribution in [0.25, 0.3) is 0 Å². The van der Waals surface area contributed by atoms with E-state index < -0.39 is 0 Å². The second-order valence-corrected chi connectivity index (χ2v) is 6.44. The molecule has 2 heterocycles. The Bertz CT molecular complexity index is 659. The number of nitrogens with zero attached hydrogens (tertiary/aromatic N) is 2. The van der Waals surface area contributed by atoms with E-state index in [1.54, 1.807) is 26.0 Å². The van der Waals surface area contributed by atoms with Crippen molar-refractivity contribution in [3.05, 3.63) is 58.5 Å². The second kappa shape index (κ2) is 29.2. The Labute approximate surface area is 251 Å². The van der Waals surface area contributed by atoms with Gasteiger partial charge in [0.2, 0.25) is 11.8 Å². The molecule has 0 saturated heterocycles. The standard InChI is InChI=1S/C9H9N4O2.C8H16NO.C3H8.C2H5.2CH3.Rb/c1-6-4-7(15-13-6)5-9(14)11-8-2-3-10-12-8;1-4-5-6-8(10)9-7(2)3;1-3-2;1-2;;;/h2,4H,5H2,1H3,(H2,10,11,12,14);7H,1,4-6H2,2-3H3,(H,9,10);3H2,1-2H3;1H2,2H3;2*1H3;/q2*-1;;3*-1;+1. The van der Waals surface area contributed by atoms with E-state index in [0.717, 1.165) is 18.5 Å². The van der Waals surface area contributed by atoms with E-state index in [2.05, 4.69) is 59.9 Å². The van der Waals surface area contributed by atoms with Gasteiger partial charge in [-0.3, -0.25) is 14.7 Å². The molecular formula is C24H44N5O3Rb-4. The molecule has 0 aliphatic carbocycles. The number of aryl methyl sites for hydroxylation is 1. The monoisotopic (exact) mass is 535 g/mol. The molecule has 0 aromatic carbocycles. The molecule has 2 rings (SSSR count). The van der Waals surface area contributed by atoms with Crippen molar-refractivity contribution in [2.24, 2.45) is 0 Å². The Morgan fingerprint density at radius 1 is 1.21 bits per heavy atom. The molecule has 0 bridgehead atoms. The number of anilines is 1. The molecule has 0 aliphatic heterocycles. The molecule has 0 atom stereocenters. The van der Waals surface area contributed by atoms with Gasteiger partial charge in [-0.05, 0) is 26.6 Å². The van der Waals surface area contributed by atoms with Gasteiger partial charge in [0, 0.05) is 18.5 Å². The smallest absolute Gasteiger partial charge is 0.388 e. The summed E-state index contributed by atoms with van der Waals surface area (Å²) in [4.78, 5) is 22.3. The Morgan fingerprint density at radius 3 is 2.18 bits per heavy atom. The predicted molar refractivity (Wildman–Crippen MR) is 133 cm³/mol. The maximum absolute atomic E-state index is 11.4. The summed E-state index contributed by atoms with van der Waals surface area (Å²) in [5, 5.41) is 15.3. The Hall–Kier alpha value is -0.835. The van der Waals surface area contributed by atoms with Crippen LogP contribution in [0.4, 0.5) is 5.82 Å². The fraction of sp³-hybridized carbons (Fsp3) is 0.500. The van der Waals surface area contributed by atoms with Crippen LogP contribution in [-0.2, 0) is 16.0 Å². The van der Waals surface area contributed by atoms with Crippen molar-refractivity contribution in [2.45, 2.75) is 79.7 Å². The number of rotatable bonds is 7. The minimum absolute atomic E-state index is 0. The van der Waals surface area contributed by atoms with Gasteiger partial charge >= 0.3 is 58.2 Å². The predicted octanol–water partition coefficient (Wildman–Crippen LogP) is 2.36. The zero-order valence-corrected chi connectivity index (χ0v) is 27.2. The van der Waals surface area contributed by atoms with Crippen molar-refractivity contribution in [1.82, 2.24) is 20.7 Å². The molecule has 33 heavy (non-hydrogen) atoms. The number of aromatic amines is 1. The average molecular weight is 536 g/mol. The van der Waals surface area contributed by atoms with Crippen LogP contribution < -0.4 is 68.8 Å². The van der Waals surface area contributed by atoms with Gasteiger partial charge in [0.15, 0.2) is 0 Å². The van der Waals surface area contributed by atoms with Crippen molar-refractivity contribution in [3.63, 3.8) is 0 Å². The van der Waals surface area contributed by atoms with Crippen LogP contribution in [0.15, 0.2) is 16.7 Å². The zero-order valence-electron chi connectivity index (χ0n) is 22.3. The quantitative estimate of drug-likeness (QED) is 0.471. The maximum atomic E-state index is 11.4. The Kier molecular flexibility index (Phi) is 37.5. The Balaban J connectivity index is -0.000000129. The van der Waals surface area contributed by atoms with Crippen LogP contribution in [0.3, 0.4) is 0 Å². The summed E-state index contributed by atoms with van der Waals surface area (Å²) < 4.78 is 4.91. The molecule has 0 saturated carbocycles. The van der Waals surface area contributed by atoms with Crippen LogP contribution in [0.2, 0.25) is 0 Å². The van der Waals surface area contributed by atoms with E-state index in [0.29, 0.717) is 18.0 Å². The molecule has 0 radical (unpaired) electrons. The molecular weight excluding hydrogens is 492 g/mol. The van der Waals surface area contributed by atoms with Gasteiger partial charge in [-0.15, -0.1) is 6.20 Å². The van der Waals surface area contributed by atoms with E-state index in [1.807, 2.05) is 13.8 Å². The van der Waals surface area contributed by atoms with Gasteiger partial charge in [0.1, 0.15) is 5.76 Å². The van der Waals surface area contributed by atoms with Gasteiger partial charge in [-0.2, -0.15) is 19.4 Å². The number of unbranched alkanes of at least 4 members (excludes halogenated alkanes) is 1. The summed E-state index contributed by atoms with van der Waals surface area (Å²) in [7, 11) is 0. The average Bonchev–Trinajstić information content (AvgIpc) is 3.34. The zero-order chi connectivity index (χ0) is 23.4. The van der Waals surface area contributed by atoms with Gasteiger partial charge in [-0.25, -0.2) is 0 Å². The van der Waals surface area contributed by atoms with E-state index in [4.69, 9.17) is 4.52 Å². The molecule has 188 valence electrons. The minimum atomic E-state index is -0.202. The first kappa shape index (κ1) is 42.3. The summed E-state index contributed by atoms with van der Waals surface area (Å²) in [6.07, 6.45) is 6.35. The number of carbonyl (C=O) groups is 2. The van der Waals surface area contributed by atoms with Crippen LogP contribution in [0, 0.1) is 41.8 Å². The number of hydrogen-bond donors (Lipinski definition) is 3. The third-order valence-corrected chi connectivity index (χ3v) is 2.83. The van der Waals surface area contributed by atoms with Gasteiger partial charge < -0.3 is 49.0 Å². The van der Waals surface area contributed by atoms with Crippen LogP contribution >= 0.6 is 0 Å². The number of carbonyl (C=O) groups excluding carboxylic acids is 2. The summed E-state index contributed by atoms with van der Waals surface area (Å²) in [5.74, 6) is 0.908. The van der Waals surface area contributed by atoms with Crippen LogP contribution in [0.5, 0.6) is 0 Å². The van der Waals surface area contributed by atoms with Crippen molar-refractivity contribution in [1.29, 1.82) is 0 Å². The largest absolute Gasteiger partial charge is 1.00 e. The van der Waals surface area contributed by atoms with Gasteiger partial charge in [0.05, 0.1) is 12.1 Å². The molecule has 2 aromatic rings. The first-order valence-corrected chi connectivity index (χ1v) is 10.2. The number of hydrogen-bond acceptors (Lipinski definition) is 5. The fourth-order valence-corrected chi connectivity index (χ4v) is 1.81. The van der Waals surface area contributed by atoms with E-state index in [1.165, 1.54) is 6.42 Å². The topological polar surface area (TPSA) is 113 Å². The SMILES string of the molecule is CCC.Cc1cc(CC(=O)Nc2c[c-][nH]n2)on1.[CH2-]C.[CH2-]CCCC(=O)NC(C)C.[CH3-].[CH3-].[Rb+]. The molecule has 0 fully saturated rings. The van der Waals surface area contributed by atoms with E-state index in [-0.39, 0.29) is 97.3 Å². The summed E-state index contributed by atoms with van der Waals surface area (Å²) in [6, 6.07) is 3.53. The molecule has 2 amide bonds. The van der Waals surface area contributed by atoms with E-state index in [9.17, 15) is 9.59 Å². The molecule has 0 aliphatic rings. The summed E-state index contributed by atoms with van der Waals surface area (Å²) in [5.41, 5.74) is 0.755. The normalized spacial score (nSPS) is 8.39. The van der Waals surface area contributed by atoms with E-state index >= 15 is 0 Å². The van der Waals surface area contributed by atoms with Gasteiger partial charge in [-0.1, -0.05) is 31.8 Å². The van der Waals surface area contributed by atoms with Crippen molar-refractivity contribution < 1.29 is 72.3 Å². The van der Waals surface area contributed by atoms with Crippen molar-refractivity contribution in [2.75, 3.05) is 5.32 Å². The molecule has 0 unspecified atom stereocenters. The van der Waals surface area contributed by atoms with Crippen LogP contribution in [-0.4, -0.2) is 33.2 Å². The molecule has 0 spiro atoms. The number of H-pyrrole nitrogens is 1. The molecule has 9 heteroatoms. The van der Waals surface area contributed by atoms with Crippen LogP contribution in [0.1, 0.15) is 71.8 Å². The summed E-state index contributed by atoms with van der Waals surface area (Å²) in [6.45, 7) is 18.6. The second-order valence-electron chi connectivity index (χ2n) is 6.44. The third kappa shape index (κ3) is 27.3. The minimum Gasteiger partial charge on any atom is -0.388 e. The number of aromatic nitrogens is 3. The van der Waals surface area contributed by atoms with Crippen molar-refractivity contribution >= 4 is 17.6 Å². The number of amides is 2. The number of nitrogens with one attached hydrogen (secondary N) is 3. The molecule has 3 N–H and O–H groups in total. The molecule has 8 nitrogen and oxygen atoms in total. The first-order valence-electron chi connectivity index (χ1n) is 10.2. The first-order chi connectivity index (χ1) is 14.3.